The quantitative estimate of drug-likeness (QED) is 0.667. The molecular weight excluding hydrogens is 374 g/mol. The van der Waals surface area contributed by atoms with E-state index in [4.69, 9.17) is 16.1 Å². The van der Waals surface area contributed by atoms with Crippen LogP contribution in [0.1, 0.15) is 17.0 Å². The van der Waals surface area contributed by atoms with Crippen LogP contribution in [0.4, 0.5) is 0 Å². The first-order chi connectivity index (χ1) is 12.4. The number of aromatic nitrogens is 2. The average Bonchev–Trinajstić information content (AvgIpc) is 3.03. The molecule has 8 heteroatoms. The van der Waals surface area contributed by atoms with Gasteiger partial charge < -0.3 is 4.52 Å². The highest BCUT2D eigenvalue weighted by molar-refractivity contribution is 7.88. The molecule has 0 fully saturated rings. The molecule has 1 heterocycles. The number of halogens is 1. The largest absolute Gasteiger partial charge is 0.339 e. The predicted octanol–water partition coefficient (Wildman–Crippen LogP) is 3.36. The SMILES string of the molecule is Cc1cccc(CS(=O)(=O)NCCc2nc(-c3ccccc3Cl)no2)c1. The summed E-state index contributed by atoms with van der Waals surface area (Å²) in [7, 11) is -3.43. The zero-order valence-electron chi connectivity index (χ0n) is 14.1. The molecule has 26 heavy (non-hydrogen) atoms. The van der Waals surface area contributed by atoms with Gasteiger partial charge in [-0.25, -0.2) is 13.1 Å². The Balaban J connectivity index is 1.57. The van der Waals surface area contributed by atoms with Crippen molar-refractivity contribution < 1.29 is 12.9 Å². The van der Waals surface area contributed by atoms with E-state index >= 15 is 0 Å². The molecule has 0 saturated heterocycles. The van der Waals surface area contributed by atoms with E-state index < -0.39 is 10.0 Å². The molecule has 6 nitrogen and oxygen atoms in total. The topological polar surface area (TPSA) is 85.1 Å². The molecule has 2 aromatic carbocycles. The molecule has 0 bridgehead atoms. The Kier molecular flexibility index (Phi) is 5.70. The van der Waals surface area contributed by atoms with Crippen molar-refractivity contribution in [3.63, 3.8) is 0 Å². The fourth-order valence-corrected chi connectivity index (χ4v) is 3.85. The summed E-state index contributed by atoms with van der Waals surface area (Å²) in [5.41, 5.74) is 2.44. The summed E-state index contributed by atoms with van der Waals surface area (Å²) < 4.78 is 32.1. The molecule has 0 amide bonds. The third kappa shape index (κ3) is 4.91. The molecule has 0 saturated carbocycles. The standard InChI is InChI=1S/C18H18ClN3O3S/c1-13-5-4-6-14(11-13)12-26(23,24)20-10-9-17-21-18(22-25-17)15-7-2-3-8-16(15)19/h2-8,11,20H,9-10,12H2,1H3. The van der Waals surface area contributed by atoms with Gasteiger partial charge in [0.2, 0.25) is 21.7 Å². The van der Waals surface area contributed by atoms with Crippen LogP contribution >= 0.6 is 11.6 Å². The Morgan fingerprint density at radius 1 is 1.15 bits per heavy atom. The van der Waals surface area contributed by atoms with Crippen molar-refractivity contribution >= 4 is 21.6 Å². The van der Waals surface area contributed by atoms with Crippen LogP contribution < -0.4 is 4.72 Å². The number of nitrogens with zero attached hydrogens (tertiary/aromatic N) is 2. The van der Waals surface area contributed by atoms with Crippen LogP contribution in [0.5, 0.6) is 0 Å². The van der Waals surface area contributed by atoms with Crippen LogP contribution in [0.2, 0.25) is 5.02 Å². The second-order valence-electron chi connectivity index (χ2n) is 5.88. The predicted molar refractivity (Wildman–Crippen MR) is 100 cm³/mol. The molecule has 0 unspecified atom stereocenters. The van der Waals surface area contributed by atoms with Gasteiger partial charge in [-0.15, -0.1) is 0 Å². The molecule has 0 aliphatic rings. The highest BCUT2D eigenvalue weighted by Crippen LogP contribution is 2.24. The lowest BCUT2D eigenvalue weighted by Crippen LogP contribution is -2.27. The smallest absolute Gasteiger partial charge is 0.228 e. The van der Waals surface area contributed by atoms with Gasteiger partial charge in [0, 0.05) is 18.5 Å². The molecule has 3 aromatic rings. The van der Waals surface area contributed by atoms with E-state index in [0.717, 1.165) is 11.1 Å². The Morgan fingerprint density at radius 2 is 1.96 bits per heavy atom. The lowest BCUT2D eigenvalue weighted by atomic mass is 10.2. The fourth-order valence-electron chi connectivity index (χ4n) is 2.49. The Morgan fingerprint density at radius 3 is 2.73 bits per heavy atom. The second kappa shape index (κ2) is 7.99. The molecule has 0 atom stereocenters. The van der Waals surface area contributed by atoms with E-state index in [2.05, 4.69) is 14.9 Å². The number of hydrogen-bond donors (Lipinski definition) is 1. The first-order valence-corrected chi connectivity index (χ1v) is 10.1. The van der Waals surface area contributed by atoms with Gasteiger partial charge in [-0.2, -0.15) is 4.98 Å². The van der Waals surface area contributed by atoms with Crippen molar-refractivity contribution in [2.45, 2.75) is 19.1 Å². The number of benzene rings is 2. The summed E-state index contributed by atoms with van der Waals surface area (Å²) in [5.74, 6) is 0.662. The van der Waals surface area contributed by atoms with Crippen molar-refractivity contribution in [3.05, 3.63) is 70.6 Å². The summed E-state index contributed by atoms with van der Waals surface area (Å²) in [6.45, 7) is 2.11. The number of aryl methyl sites for hydroxylation is 1. The fraction of sp³-hybridized carbons (Fsp3) is 0.222. The minimum Gasteiger partial charge on any atom is -0.339 e. The molecule has 136 valence electrons. The Bertz CT molecular complexity index is 1000. The molecule has 0 radical (unpaired) electrons. The van der Waals surface area contributed by atoms with Crippen LogP contribution in [0, 0.1) is 6.92 Å². The third-order valence-corrected chi connectivity index (χ3v) is 5.37. The van der Waals surface area contributed by atoms with Gasteiger partial charge in [0.05, 0.1) is 10.8 Å². The maximum absolute atomic E-state index is 12.2. The molecule has 1 aromatic heterocycles. The van der Waals surface area contributed by atoms with Gasteiger partial charge in [0.1, 0.15) is 0 Å². The van der Waals surface area contributed by atoms with Crippen LogP contribution in [-0.4, -0.2) is 25.1 Å². The lowest BCUT2D eigenvalue weighted by molar-refractivity contribution is 0.379. The number of nitrogens with one attached hydrogen (secondary N) is 1. The zero-order chi connectivity index (χ0) is 18.6. The van der Waals surface area contributed by atoms with Crippen molar-refractivity contribution in [1.29, 1.82) is 0 Å². The highest BCUT2D eigenvalue weighted by atomic mass is 35.5. The minimum absolute atomic E-state index is 0.0661. The first kappa shape index (κ1) is 18.6. The molecule has 0 aliphatic carbocycles. The summed E-state index contributed by atoms with van der Waals surface area (Å²) in [5, 5.41) is 4.42. The van der Waals surface area contributed by atoms with Gasteiger partial charge in [-0.1, -0.05) is 58.7 Å². The van der Waals surface area contributed by atoms with Gasteiger partial charge in [0.25, 0.3) is 0 Å². The minimum atomic E-state index is -3.43. The summed E-state index contributed by atoms with van der Waals surface area (Å²) in [6.07, 6.45) is 0.296. The lowest BCUT2D eigenvalue weighted by Gasteiger charge is -2.06. The van der Waals surface area contributed by atoms with Crippen molar-refractivity contribution in [1.82, 2.24) is 14.9 Å². The maximum Gasteiger partial charge on any atom is 0.228 e. The maximum atomic E-state index is 12.2. The van der Waals surface area contributed by atoms with Gasteiger partial charge >= 0.3 is 0 Å². The van der Waals surface area contributed by atoms with E-state index in [1.165, 1.54) is 0 Å². The Labute approximate surface area is 157 Å². The van der Waals surface area contributed by atoms with Crippen molar-refractivity contribution in [2.24, 2.45) is 0 Å². The van der Waals surface area contributed by atoms with Crippen LogP contribution in [0.25, 0.3) is 11.4 Å². The van der Waals surface area contributed by atoms with E-state index in [1.54, 1.807) is 18.2 Å². The molecule has 0 aliphatic heterocycles. The molecule has 0 spiro atoms. The number of hydrogen-bond acceptors (Lipinski definition) is 5. The van der Waals surface area contributed by atoms with E-state index in [-0.39, 0.29) is 12.3 Å². The number of sulfonamides is 1. The van der Waals surface area contributed by atoms with Crippen molar-refractivity contribution in [2.75, 3.05) is 6.54 Å². The van der Waals surface area contributed by atoms with Crippen LogP contribution in [-0.2, 0) is 22.2 Å². The summed E-state index contributed by atoms with van der Waals surface area (Å²) in [4.78, 5) is 4.26. The highest BCUT2D eigenvalue weighted by Gasteiger charge is 2.14. The summed E-state index contributed by atoms with van der Waals surface area (Å²) >= 11 is 6.11. The second-order valence-corrected chi connectivity index (χ2v) is 8.10. The first-order valence-electron chi connectivity index (χ1n) is 8.03. The normalized spacial score (nSPS) is 11.6. The number of rotatable bonds is 7. The molecule has 1 N–H and O–H groups in total. The van der Waals surface area contributed by atoms with Crippen LogP contribution in [0.3, 0.4) is 0 Å². The van der Waals surface area contributed by atoms with E-state index in [0.29, 0.717) is 28.7 Å². The van der Waals surface area contributed by atoms with Gasteiger partial charge in [-0.05, 0) is 24.6 Å². The van der Waals surface area contributed by atoms with E-state index in [1.807, 2.05) is 37.3 Å². The third-order valence-electron chi connectivity index (χ3n) is 3.68. The Hall–Kier alpha value is -2.22. The van der Waals surface area contributed by atoms with Gasteiger partial charge in [0.15, 0.2) is 0 Å². The van der Waals surface area contributed by atoms with Gasteiger partial charge in [-0.3, -0.25) is 0 Å². The average molecular weight is 392 g/mol. The van der Waals surface area contributed by atoms with E-state index in [9.17, 15) is 8.42 Å². The zero-order valence-corrected chi connectivity index (χ0v) is 15.7. The summed E-state index contributed by atoms with van der Waals surface area (Å²) in [6, 6.07) is 14.6. The monoisotopic (exact) mass is 391 g/mol. The van der Waals surface area contributed by atoms with Crippen LogP contribution in [0.15, 0.2) is 53.1 Å². The molecular formula is C18H18ClN3O3S. The van der Waals surface area contributed by atoms with Crippen molar-refractivity contribution in [3.8, 4) is 11.4 Å². The molecule has 3 rings (SSSR count).